The van der Waals surface area contributed by atoms with Crippen molar-refractivity contribution in [3.63, 3.8) is 0 Å². The van der Waals surface area contributed by atoms with Gasteiger partial charge in [0.1, 0.15) is 10.4 Å². The molecule has 81 heavy (non-hydrogen) atoms. The number of hydrogen-bond donors (Lipinski definition) is 0. The molecule has 0 radical (unpaired) electrons. The van der Waals surface area contributed by atoms with E-state index in [0.717, 1.165) is 61.6 Å². The van der Waals surface area contributed by atoms with Crippen LogP contribution in [0.15, 0.2) is 308 Å². The Hall–Kier alpha value is -10.1. The lowest BCUT2D eigenvalue weighted by Gasteiger charge is -2.13. The summed E-state index contributed by atoms with van der Waals surface area (Å²) in [5.74, 6) is 0.906. The lowest BCUT2D eigenvalue weighted by atomic mass is 10.0. The molecule has 0 aliphatic heterocycles. The number of hydrogen-bond acceptors (Lipinski definition) is 2. The molecule has 0 saturated heterocycles. The van der Waals surface area contributed by atoms with E-state index in [1.807, 2.05) is 48.5 Å². The number of pyridine rings is 2. The molecule has 0 amide bonds. The van der Waals surface area contributed by atoms with Gasteiger partial charge in [-0.05, 0) is 158 Å². The monoisotopic (exact) mass is 1100 g/mol. The smallest absolute Gasteiger partial charge is 0.138 e. The van der Waals surface area contributed by atoms with Crippen molar-refractivity contribution in [2.24, 2.45) is 0 Å². The Balaban J connectivity index is 0.000000121. The van der Waals surface area contributed by atoms with E-state index in [2.05, 4.69) is 290 Å². The third-order valence-electron chi connectivity index (χ3n) is 15.3. The number of rotatable bonds is 7. The average Bonchev–Trinajstić information content (AvgIpc) is 3.73. The molecule has 16 rings (SSSR count). The van der Waals surface area contributed by atoms with E-state index in [4.69, 9.17) is 4.98 Å². The fourth-order valence-corrected chi connectivity index (χ4v) is 11.9. The van der Waals surface area contributed by atoms with Crippen molar-refractivity contribution in [2.45, 2.75) is 6.42 Å². The summed E-state index contributed by atoms with van der Waals surface area (Å²) in [7, 11) is 0. The van der Waals surface area contributed by atoms with E-state index >= 15 is 0 Å². The van der Waals surface area contributed by atoms with Gasteiger partial charge < -0.3 is 9.13 Å². The van der Waals surface area contributed by atoms with Crippen LogP contribution in [0.2, 0.25) is 0 Å². The first-order valence-corrected chi connectivity index (χ1v) is 28.1. The molecule has 0 spiro atoms. The Bertz CT molecular complexity index is 4590. The van der Waals surface area contributed by atoms with Crippen LogP contribution in [0.5, 0.6) is 0 Å². The molecule has 0 saturated carbocycles. The van der Waals surface area contributed by atoms with E-state index in [0.29, 0.717) is 0 Å². The predicted molar refractivity (Wildman–Crippen MR) is 341 cm³/mol. The first-order valence-electron chi connectivity index (χ1n) is 27.4. The summed E-state index contributed by atoms with van der Waals surface area (Å²) in [5.41, 5.74) is 21.6. The van der Waals surface area contributed by atoms with Crippen molar-refractivity contribution in [3.05, 3.63) is 319 Å². The zero-order chi connectivity index (χ0) is 54.1. The highest BCUT2D eigenvalue weighted by Crippen LogP contribution is 2.41. The molecular weight excluding hydrogens is 1050 g/mol. The molecule has 0 bridgehead atoms. The quantitative estimate of drug-likeness (QED) is 0.149. The number of nitrogens with zero attached hydrogens (tertiary/aromatic N) is 5. The van der Waals surface area contributed by atoms with Crippen LogP contribution in [0.25, 0.3) is 117 Å². The summed E-state index contributed by atoms with van der Waals surface area (Å²) in [6.45, 7) is 0. The molecule has 10 aromatic carbocycles. The molecule has 5 nitrogen and oxygen atoms in total. The zero-order valence-corrected chi connectivity index (χ0v) is 45.8. The van der Waals surface area contributed by atoms with Crippen molar-refractivity contribution >= 4 is 59.5 Å². The van der Waals surface area contributed by atoms with Crippen LogP contribution >= 0.6 is 15.9 Å². The largest absolute Gasteiger partial charge is 0.317 e. The molecule has 5 aromatic heterocycles. The second-order valence-electron chi connectivity index (χ2n) is 20.4. The topological polar surface area (TPSA) is 40.6 Å². The summed E-state index contributed by atoms with van der Waals surface area (Å²) in [6.07, 6.45) is 5.37. The highest BCUT2D eigenvalue weighted by atomic mass is 79.9. The van der Waals surface area contributed by atoms with E-state index < -0.39 is 0 Å². The van der Waals surface area contributed by atoms with Gasteiger partial charge in [-0.25, -0.2) is 9.97 Å². The van der Waals surface area contributed by atoms with Gasteiger partial charge in [-0.15, -0.1) is 0 Å². The second kappa shape index (κ2) is 21.6. The van der Waals surface area contributed by atoms with Gasteiger partial charge in [0, 0.05) is 56.4 Å². The molecule has 0 N–H and O–H groups in total. The highest BCUT2D eigenvalue weighted by Gasteiger charge is 2.21. The first kappa shape index (κ1) is 49.2. The average molecular weight is 1100 g/mol. The Kier molecular flexibility index (Phi) is 13.1. The number of benzene rings is 10. The minimum atomic E-state index is 0.854. The van der Waals surface area contributed by atoms with Gasteiger partial charge in [-0.2, -0.15) is 0 Å². The third kappa shape index (κ3) is 9.73. The van der Waals surface area contributed by atoms with E-state index in [1.54, 1.807) is 0 Å². The molecule has 1 aliphatic carbocycles. The number of aromatic nitrogens is 5. The van der Waals surface area contributed by atoms with Crippen LogP contribution in [0, 0.1) is 0 Å². The third-order valence-corrected chi connectivity index (χ3v) is 15.8. The molecule has 15 aromatic rings. The van der Waals surface area contributed by atoms with E-state index in [-0.39, 0.29) is 0 Å². The van der Waals surface area contributed by atoms with Gasteiger partial charge in [0.05, 0.1) is 33.5 Å². The van der Waals surface area contributed by atoms with Gasteiger partial charge in [-0.3, -0.25) is 4.57 Å². The molecule has 5 heterocycles. The molecule has 6 heteroatoms. The van der Waals surface area contributed by atoms with Gasteiger partial charge >= 0.3 is 0 Å². The Morgan fingerprint density at radius 1 is 0.309 bits per heavy atom. The van der Waals surface area contributed by atoms with Crippen molar-refractivity contribution in [3.8, 4) is 73.1 Å². The standard InChI is InChI=1S/C37H25N3.C21H15N.C17H12BrN/c1-4-12-26(13-5-1)29-23-33(27-14-6-2-7-15-27)38-37(24-29)40-34-19-11-10-18-31(34)32-22-28-20-21-39(35(28)25-36(32)40)30-16-8-3-9-17-30;1-2-7-18(8-3-1)22-11-10-16-13-20-17(14-21(16)22)12-15-6-4-5-9-19(15)20;18-17-12-15(13-7-3-1-4-8-13)11-16(19-17)14-9-5-2-6-10-14/h1-25H;1-11,13-14H,12H2;1-12H. The van der Waals surface area contributed by atoms with Crippen LogP contribution in [-0.4, -0.2) is 23.7 Å². The SMILES string of the molecule is Brc1cc(-c2ccccc2)cc(-c2ccccc2)n1.c1ccc(-c2cc(-c3ccccc3)nc(-n3c4ccccc4c4cc5ccn(-c6ccccc6)c5cc43)c2)cc1.c1ccc(-n2ccc3cc4c(cc32)Cc2ccccc2-4)cc1. The van der Waals surface area contributed by atoms with E-state index in [9.17, 15) is 0 Å². The van der Waals surface area contributed by atoms with Gasteiger partial charge in [0.15, 0.2) is 0 Å². The minimum Gasteiger partial charge on any atom is -0.317 e. The summed E-state index contributed by atoms with van der Waals surface area (Å²) in [6, 6.07) is 102. The predicted octanol–water partition coefficient (Wildman–Crippen LogP) is 19.8. The molecule has 0 atom stereocenters. The fourth-order valence-electron chi connectivity index (χ4n) is 11.5. The lowest BCUT2D eigenvalue weighted by Crippen LogP contribution is -2.00. The van der Waals surface area contributed by atoms with Crippen molar-refractivity contribution in [1.29, 1.82) is 0 Å². The summed E-state index contributed by atoms with van der Waals surface area (Å²) < 4.78 is 7.72. The Morgan fingerprint density at radius 2 is 0.790 bits per heavy atom. The summed E-state index contributed by atoms with van der Waals surface area (Å²) in [5, 5.41) is 4.97. The zero-order valence-electron chi connectivity index (χ0n) is 44.2. The number of fused-ring (bicyclic) bond motifs is 8. The normalized spacial score (nSPS) is 11.5. The molecule has 0 fully saturated rings. The maximum atomic E-state index is 5.28. The maximum absolute atomic E-state index is 5.28. The summed E-state index contributed by atoms with van der Waals surface area (Å²) in [4.78, 5) is 9.82. The van der Waals surface area contributed by atoms with Gasteiger partial charge in [0.2, 0.25) is 0 Å². The van der Waals surface area contributed by atoms with Crippen LogP contribution in [-0.2, 0) is 6.42 Å². The van der Waals surface area contributed by atoms with Crippen LogP contribution in [0.3, 0.4) is 0 Å². The molecular formula is C75H52BrN5. The number of para-hydroxylation sites is 3. The summed E-state index contributed by atoms with van der Waals surface area (Å²) >= 11 is 3.50. The maximum Gasteiger partial charge on any atom is 0.138 e. The first-order chi connectivity index (χ1) is 40.1. The molecule has 0 unspecified atom stereocenters. The van der Waals surface area contributed by atoms with E-state index in [1.165, 1.54) is 77.2 Å². The van der Waals surface area contributed by atoms with Crippen molar-refractivity contribution < 1.29 is 0 Å². The van der Waals surface area contributed by atoms with Gasteiger partial charge in [-0.1, -0.05) is 200 Å². The minimum absolute atomic E-state index is 0.854. The molecule has 384 valence electrons. The van der Waals surface area contributed by atoms with Crippen molar-refractivity contribution in [2.75, 3.05) is 0 Å². The Morgan fingerprint density at radius 3 is 1.40 bits per heavy atom. The van der Waals surface area contributed by atoms with Crippen molar-refractivity contribution in [1.82, 2.24) is 23.7 Å². The van der Waals surface area contributed by atoms with Crippen LogP contribution in [0.4, 0.5) is 0 Å². The second-order valence-corrected chi connectivity index (χ2v) is 21.2. The lowest BCUT2D eigenvalue weighted by molar-refractivity contribution is 1.08. The Labute approximate surface area is 479 Å². The number of halogens is 1. The molecule has 1 aliphatic rings. The highest BCUT2D eigenvalue weighted by molar-refractivity contribution is 9.10. The van der Waals surface area contributed by atoms with Crippen LogP contribution < -0.4 is 0 Å². The fraction of sp³-hybridized carbons (Fsp3) is 0.0133. The van der Waals surface area contributed by atoms with Gasteiger partial charge in [0.25, 0.3) is 0 Å². The van der Waals surface area contributed by atoms with Crippen LogP contribution in [0.1, 0.15) is 11.1 Å².